The van der Waals surface area contributed by atoms with E-state index in [-0.39, 0.29) is 5.54 Å². The molecule has 0 amide bonds. The molecule has 104 valence electrons. The molecule has 3 fully saturated rings. The van der Waals surface area contributed by atoms with Crippen LogP contribution in [0.2, 0.25) is 0 Å². The summed E-state index contributed by atoms with van der Waals surface area (Å²) < 4.78 is 28.1. The molecule has 2 heterocycles. The van der Waals surface area contributed by atoms with Gasteiger partial charge < -0.3 is 5.73 Å². The van der Waals surface area contributed by atoms with Crippen molar-refractivity contribution in [1.82, 2.24) is 8.61 Å². The molecule has 1 saturated carbocycles. The highest BCUT2D eigenvalue weighted by Gasteiger charge is 2.54. The molecule has 0 unspecified atom stereocenters. The minimum Gasteiger partial charge on any atom is -0.323 e. The number of rotatable bonds is 3. The lowest BCUT2D eigenvalue weighted by atomic mass is 9.88. The van der Waals surface area contributed by atoms with Crippen molar-refractivity contribution in [3.63, 3.8) is 0 Å². The first-order valence-corrected chi connectivity index (χ1v) is 8.46. The predicted octanol–water partition coefficient (Wildman–Crippen LogP) is 0.530. The van der Waals surface area contributed by atoms with Crippen LogP contribution < -0.4 is 5.73 Å². The van der Waals surface area contributed by atoms with E-state index >= 15 is 0 Å². The van der Waals surface area contributed by atoms with Crippen LogP contribution in [-0.4, -0.2) is 48.7 Å². The molecule has 3 aliphatic rings. The quantitative estimate of drug-likeness (QED) is 0.815. The summed E-state index contributed by atoms with van der Waals surface area (Å²) in [5.74, 6) is 0.563. The van der Waals surface area contributed by atoms with Crippen molar-refractivity contribution in [1.29, 1.82) is 0 Å². The predicted molar refractivity (Wildman–Crippen MR) is 70.2 cm³/mol. The Labute approximate surface area is 109 Å². The Balaban J connectivity index is 1.64. The van der Waals surface area contributed by atoms with Crippen molar-refractivity contribution < 1.29 is 8.42 Å². The topological polar surface area (TPSA) is 66.6 Å². The normalized spacial score (nSPS) is 30.7. The Bertz CT molecular complexity index is 405. The van der Waals surface area contributed by atoms with Crippen LogP contribution in [0.5, 0.6) is 0 Å². The van der Waals surface area contributed by atoms with E-state index in [1.54, 1.807) is 8.61 Å². The monoisotopic (exact) mass is 273 g/mol. The summed E-state index contributed by atoms with van der Waals surface area (Å²) in [6, 6.07) is 0. The van der Waals surface area contributed by atoms with Gasteiger partial charge in [-0.15, -0.1) is 0 Å². The molecule has 2 N–H and O–H groups in total. The highest BCUT2D eigenvalue weighted by Crippen LogP contribution is 2.44. The fourth-order valence-electron chi connectivity index (χ4n) is 3.13. The first-order chi connectivity index (χ1) is 8.52. The summed E-state index contributed by atoms with van der Waals surface area (Å²) in [7, 11) is -3.24. The Hall–Kier alpha value is -0.170. The Morgan fingerprint density at radius 2 is 1.50 bits per heavy atom. The maximum Gasteiger partial charge on any atom is 0.282 e. The van der Waals surface area contributed by atoms with Crippen LogP contribution in [0.25, 0.3) is 0 Å². The van der Waals surface area contributed by atoms with Crippen molar-refractivity contribution in [3.05, 3.63) is 0 Å². The van der Waals surface area contributed by atoms with E-state index in [2.05, 4.69) is 0 Å². The third-order valence-corrected chi connectivity index (χ3v) is 6.48. The Morgan fingerprint density at radius 3 is 2.00 bits per heavy atom. The fraction of sp³-hybridized carbons (Fsp3) is 1.00. The summed E-state index contributed by atoms with van der Waals surface area (Å²) in [4.78, 5) is 0. The van der Waals surface area contributed by atoms with Crippen molar-refractivity contribution in [2.45, 2.75) is 44.1 Å². The first-order valence-electron chi connectivity index (χ1n) is 7.06. The van der Waals surface area contributed by atoms with E-state index in [1.807, 2.05) is 0 Å². The molecule has 0 bridgehead atoms. The lowest BCUT2D eigenvalue weighted by Crippen LogP contribution is -2.71. The third-order valence-electron chi connectivity index (χ3n) is 4.55. The molecule has 2 saturated heterocycles. The van der Waals surface area contributed by atoms with Gasteiger partial charge in [0, 0.05) is 31.7 Å². The van der Waals surface area contributed by atoms with E-state index in [0.29, 0.717) is 32.1 Å². The summed E-state index contributed by atoms with van der Waals surface area (Å²) in [5, 5.41) is 0. The molecule has 3 rings (SSSR count). The van der Waals surface area contributed by atoms with Gasteiger partial charge in [0.25, 0.3) is 10.2 Å². The molecule has 18 heavy (non-hydrogen) atoms. The lowest BCUT2D eigenvalue weighted by molar-refractivity contribution is 0.126. The minimum atomic E-state index is -3.24. The molecular formula is C12H23N3O2S. The van der Waals surface area contributed by atoms with Gasteiger partial charge in [-0.25, -0.2) is 0 Å². The van der Waals surface area contributed by atoms with Crippen molar-refractivity contribution >= 4 is 10.2 Å². The number of hydrogen-bond acceptors (Lipinski definition) is 3. The Morgan fingerprint density at radius 1 is 0.944 bits per heavy atom. The molecule has 1 aliphatic carbocycles. The zero-order chi connectivity index (χ0) is 12.8. The second-order valence-electron chi connectivity index (χ2n) is 6.10. The summed E-state index contributed by atoms with van der Waals surface area (Å²) >= 11 is 0. The number of nitrogens with two attached hydrogens (primary N) is 1. The lowest BCUT2D eigenvalue weighted by Gasteiger charge is -2.48. The molecule has 0 aromatic heterocycles. The average Bonchev–Trinajstić information content (AvgIpc) is 3.10. The highest BCUT2D eigenvalue weighted by atomic mass is 32.2. The first kappa shape index (κ1) is 12.8. The summed E-state index contributed by atoms with van der Waals surface area (Å²) in [6.07, 6.45) is 6.62. The summed E-state index contributed by atoms with van der Waals surface area (Å²) in [5.41, 5.74) is 6.01. The third kappa shape index (κ3) is 2.19. The smallest absolute Gasteiger partial charge is 0.282 e. The second-order valence-corrected chi connectivity index (χ2v) is 8.02. The molecule has 2 aliphatic heterocycles. The van der Waals surface area contributed by atoms with E-state index in [4.69, 9.17) is 5.73 Å². The van der Waals surface area contributed by atoms with Crippen molar-refractivity contribution in [3.8, 4) is 0 Å². The molecule has 5 nitrogen and oxygen atoms in total. The zero-order valence-corrected chi connectivity index (χ0v) is 11.7. The Kier molecular flexibility index (Phi) is 3.17. The van der Waals surface area contributed by atoms with Crippen LogP contribution in [0.15, 0.2) is 0 Å². The molecular weight excluding hydrogens is 250 g/mol. The van der Waals surface area contributed by atoms with Gasteiger partial charge in [-0.2, -0.15) is 17.0 Å². The molecule has 6 heteroatoms. The van der Waals surface area contributed by atoms with Crippen LogP contribution >= 0.6 is 0 Å². The summed E-state index contributed by atoms with van der Waals surface area (Å²) in [6.45, 7) is 2.41. The van der Waals surface area contributed by atoms with E-state index in [9.17, 15) is 8.42 Å². The van der Waals surface area contributed by atoms with Gasteiger partial charge in [0.15, 0.2) is 0 Å². The van der Waals surface area contributed by atoms with E-state index < -0.39 is 10.2 Å². The molecule has 0 aromatic rings. The highest BCUT2D eigenvalue weighted by molar-refractivity contribution is 7.86. The maximum atomic E-state index is 12.4. The molecule has 0 aromatic carbocycles. The largest absolute Gasteiger partial charge is 0.323 e. The van der Waals surface area contributed by atoms with Crippen LogP contribution in [-0.2, 0) is 10.2 Å². The van der Waals surface area contributed by atoms with Gasteiger partial charge in [0.2, 0.25) is 0 Å². The van der Waals surface area contributed by atoms with Crippen LogP contribution in [0, 0.1) is 5.92 Å². The molecule has 0 spiro atoms. The number of nitrogens with zero attached hydrogens (tertiary/aromatic N) is 2. The van der Waals surface area contributed by atoms with E-state index in [0.717, 1.165) is 25.7 Å². The molecule has 0 atom stereocenters. The minimum absolute atomic E-state index is 0.223. The van der Waals surface area contributed by atoms with Crippen molar-refractivity contribution in [2.24, 2.45) is 11.7 Å². The number of hydrogen-bond donors (Lipinski definition) is 1. The van der Waals surface area contributed by atoms with Crippen LogP contribution in [0.4, 0.5) is 0 Å². The average molecular weight is 273 g/mol. The maximum absolute atomic E-state index is 12.4. The fourth-order valence-corrected chi connectivity index (χ4v) is 4.98. The molecule has 0 radical (unpaired) electrons. The van der Waals surface area contributed by atoms with Crippen LogP contribution in [0.1, 0.15) is 38.5 Å². The SMILES string of the molecule is NC1(C2CC2)CN(S(=O)(=O)N2CCCCCC2)C1. The zero-order valence-electron chi connectivity index (χ0n) is 10.8. The van der Waals surface area contributed by atoms with Gasteiger partial charge in [-0.3, -0.25) is 0 Å². The van der Waals surface area contributed by atoms with Gasteiger partial charge in [-0.1, -0.05) is 12.8 Å². The van der Waals surface area contributed by atoms with Gasteiger partial charge in [0.1, 0.15) is 0 Å². The van der Waals surface area contributed by atoms with Crippen molar-refractivity contribution in [2.75, 3.05) is 26.2 Å². The standard InChI is InChI=1S/C12H23N3O2S/c13-12(11-5-6-11)9-15(10-12)18(16,17)14-7-3-1-2-4-8-14/h11H,1-10,13H2. The second kappa shape index (κ2) is 4.44. The van der Waals surface area contributed by atoms with Gasteiger partial charge in [0.05, 0.1) is 0 Å². The van der Waals surface area contributed by atoms with E-state index in [1.165, 1.54) is 12.8 Å². The van der Waals surface area contributed by atoms with Gasteiger partial charge in [-0.05, 0) is 31.6 Å². The van der Waals surface area contributed by atoms with Crippen LogP contribution in [0.3, 0.4) is 0 Å². The van der Waals surface area contributed by atoms with Gasteiger partial charge >= 0.3 is 0 Å².